The summed E-state index contributed by atoms with van der Waals surface area (Å²) >= 11 is 24.8. The first-order valence-electron chi connectivity index (χ1n) is 10.3. The molecule has 9 heteroatoms. The second kappa shape index (κ2) is 11.3. The quantitative estimate of drug-likeness (QED) is 0.191. The van der Waals surface area contributed by atoms with E-state index in [0.717, 1.165) is 11.3 Å². The fraction of sp³-hybridized carbons (Fsp3) is 0.120. The molecule has 0 aliphatic heterocycles. The van der Waals surface area contributed by atoms with Gasteiger partial charge in [-0.1, -0.05) is 64.6 Å². The van der Waals surface area contributed by atoms with Crippen molar-refractivity contribution in [1.29, 1.82) is 0 Å². The molecule has 1 heterocycles. The maximum absolute atomic E-state index is 11.3. The molecule has 0 saturated heterocycles. The third-order valence-corrected chi connectivity index (χ3v) is 6.19. The smallest absolute Gasteiger partial charge is 0.136 e. The fourth-order valence-corrected chi connectivity index (χ4v) is 4.18. The van der Waals surface area contributed by atoms with E-state index in [1.807, 2.05) is 29.0 Å². The number of imidazole rings is 1. The van der Waals surface area contributed by atoms with E-state index in [4.69, 9.17) is 51.4 Å². The molecule has 3 aromatic carbocycles. The minimum absolute atomic E-state index is 0.334. The van der Waals surface area contributed by atoms with Crippen molar-refractivity contribution in [2.75, 3.05) is 5.32 Å². The molecule has 0 saturated carbocycles. The SMILES string of the molecule is OC(C(=NC(Cn1ccnc1)c1ccc(Cl)cc1Cl)Nc1ccc(Cl)cc1)c1ccc(Cl)cc1. The first-order chi connectivity index (χ1) is 16.4. The molecule has 2 atom stereocenters. The predicted octanol–water partition coefficient (Wildman–Crippen LogP) is 7.48. The van der Waals surface area contributed by atoms with Crippen molar-refractivity contribution in [2.45, 2.75) is 18.7 Å². The number of hydrogen-bond acceptors (Lipinski definition) is 3. The predicted molar refractivity (Wildman–Crippen MR) is 140 cm³/mol. The molecule has 0 amide bonds. The average Bonchev–Trinajstić information content (AvgIpc) is 3.33. The van der Waals surface area contributed by atoms with Gasteiger partial charge in [0.25, 0.3) is 0 Å². The third kappa shape index (κ3) is 6.32. The number of aliphatic hydroxyl groups is 1. The van der Waals surface area contributed by atoms with Crippen molar-refractivity contribution < 1.29 is 5.11 Å². The van der Waals surface area contributed by atoms with E-state index in [0.29, 0.717) is 38.0 Å². The van der Waals surface area contributed by atoms with Gasteiger partial charge in [0.05, 0.1) is 18.9 Å². The Bertz CT molecular complexity index is 1260. The van der Waals surface area contributed by atoms with Crippen LogP contribution >= 0.6 is 46.4 Å². The Morgan fingerprint density at radius 1 is 0.912 bits per heavy atom. The lowest BCUT2D eigenvalue weighted by Crippen LogP contribution is -2.23. The largest absolute Gasteiger partial charge is 0.380 e. The Morgan fingerprint density at radius 2 is 1.56 bits per heavy atom. The van der Waals surface area contributed by atoms with E-state index >= 15 is 0 Å². The van der Waals surface area contributed by atoms with Crippen molar-refractivity contribution >= 4 is 57.9 Å². The monoisotopic (exact) mass is 532 g/mol. The molecule has 2 unspecified atom stereocenters. The van der Waals surface area contributed by atoms with E-state index in [-0.39, 0.29) is 0 Å². The number of amidine groups is 1. The number of aliphatic hydroxyl groups excluding tert-OH is 1. The molecular weight excluding hydrogens is 514 g/mol. The molecule has 4 rings (SSSR count). The van der Waals surface area contributed by atoms with Crippen LogP contribution in [0.15, 0.2) is 90.4 Å². The fourth-order valence-electron chi connectivity index (χ4n) is 3.40. The Hall–Kier alpha value is -2.54. The lowest BCUT2D eigenvalue weighted by Gasteiger charge is -2.22. The molecule has 174 valence electrons. The summed E-state index contributed by atoms with van der Waals surface area (Å²) in [7, 11) is 0. The minimum Gasteiger partial charge on any atom is -0.380 e. The van der Waals surface area contributed by atoms with E-state index < -0.39 is 12.1 Å². The lowest BCUT2D eigenvalue weighted by atomic mass is 10.1. The molecule has 0 aliphatic carbocycles. The van der Waals surface area contributed by atoms with Crippen LogP contribution in [-0.4, -0.2) is 20.5 Å². The number of nitrogens with one attached hydrogen (secondary N) is 1. The first-order valence-corrected chi connectivity index (χ1v) is 11.8. The summed E-state index contributed by atoms with van der Waals surface area (Å²) in [5.74, 6) is 0.334. The molecule has 4 aromatic rings. The van der Waals surface area contributed by atoms with Crippen LogP contribution in [0.2, 0.25) is 20.1 Å². The van der Waals surface area contributed by atoms with Crippen LogP contribution in [0.3, 0.4) is 0 Å². The zero-order chi connectivity index (χ0) is 24.1. The highest BCUT2D eigenvalue weighted by atomic mass is 35.5. The summed E-state index contributed by atoms with van der Waals surface area (Å²) in [5.41, 5.74) is 2.12. The number of rotatable bonds is 7. The van der Waals surface area contributed by atoms with Crippen LogP contribution in [0.25, 0.3) is 0 Å². The maximum atomic E-state index is 11.3. The van der Waals surface area contributed by atoms with Gasteiger partial charge in [0.15, 0.2) is 0 Å². The zero-order valence-electron chi connectivity index (χ0n) is 17.7. The topological polar surface area (TPSA) is 62.4 Å². The highest BCUT2D eigenvalue weighted by molar-refractivity contribution is 6.35. The van der Waals surface area contributed by atoms with Crippen molar-refractivity contribution in [3.63, 3.8) is 0 Å². The number of aromatic nitrogens is 2. The molecule has 34 heavy (non-hydrogen) atoms. The molecule has 0 bridgehead atoms. The van der Waals surface area contributed by atoms with Gasteiger partial charge >= 0.3 is 0 Å². The van der Waals surface area contributed by atoms with Gasteiger partial charge < -0.3 is 15.0 Å². The van der Waals surface area contributed by atoms with Gasteiger partial charge in [-0.15, -0.1) is 0 Å². The van der Waals surface area contributed by atoms with Crippen LogP contribution in [-0.2, 0) is 6.54 Å². The Labute approximate surface area is 217 Å². The normalized spacial score (nSPS) is 13.5. The van der Waals surface area contributed by atoms with E-state index in [9.17, 15) is 5.11 Å². The summed E-state index contributed by atoms with van der Waals surface area (Å²) in [5, 5.41) is 16.7. The molecule has 5 nitrogen and oxygen atoms in total. The van der Waals surface area contributed by atoms with Crippen LogP contribution in [0.5, 0.6) is 0 Å². The lowest BCUT2D eigenvalue weighted by molar-refractivity contribution is 0.246. The summed E-state index contributed by atoms with van der Waals surface area (Å²) in [4.78, 5) is 9.06. The molecule has 0 radical (unpaired) electrons. The Morgan fingerprint density at radius 3 is 2.18 bits per heavy atom. The van der Waals surface area contributed by atoms with Crippen molar-refractivity contribution in [2.24, 2.45) is 4.99 Å². The van der Waals surface area contributed by atoms with Gasteiger partial charge in [0.1, 0.15) is 11.9 Å². The summed E-state index contributed by atoms with van der Waals surface area (Å²) in [6.45, 7) is 0.445. The zero-order valence-corrected chi connectivity index (χ0v) is 20.8. The summed E-state index contributed by atoms with van der Waals surface area (Å²) in [6.07, 6.45) is 4.19. The molecule has 1 aromatic heterocycles. The number of benzene rings is 3. The van der Waals surface area contributed by atoms with Gasteiger partial charge in [0, 0.05) is 38.2 Å². The maximum Gasteiger partial charge on any atom is 0.136 e. The van der Waals surface area contributed by atoms with Crippen molar-refractivity contribution in [3.8, 4) is 0 Å². The van der Waals surface area contributed by atoms with Gasteiger partial charge in [-0.3, -0.25) is 4.99 Å². The average molecular weight is 534 g/mol. The Kier molecular flexibility index (Phi) is 8.14. The van der Waals surface area contributed by atoms with E-state index in [1.54, 1.807) is 61.1 Å². The highest BCUT2D eigenvalue weighted by Gasteiger charge is 2.21. The summed E-state index contributed by atoms with van der Waals surface area (Å²) < 4.78 is 1.90. The van der Waals surface area contributed by atoms with Gasteiger partial charge in [-0.2, -0.15) is 0 Å². The molecule has 0 spiro atoms. The van der Waals surface area contributed by atoms with Crippen molar-refractivity contribution in [1.82, 2.24) is 9.55 Å². The van der Waals surface area contributed by atoms with Gasteiger partial charge in [-0.05, 0) is 59.7 Å². The minimum atomic E-state index is -1.05. The molecule has 2 N–H and O–H groups in total. The molecular formula is C25H20Cl4N4O. The van der Waals surface area contributed by atoms with Crippen molar-refractivity contribution in [3.05, 3.63) is 117 Å². The van der Waals surface area contributed by atoms with Crippen LogP contribution in [0.4, 0.5) is 5.69 Å². The van der Waals surface area contributed by atoms with E-state index in [1.165, 1.54) is 0 Å². The number of halogens is 4. The molecule has 0 fully saturated rings. The number of aliphatic imine (C=N–C) groups is 1. The second-order valence-corrected chi connectivity index (χ2v) is 9.26. The van der Waals surface area contributed by atoms with Crippen LogP contribution in [0, 0.1) is 0 Å². The van der Waals surface area contributed by atoms with E-state index in [2.05, 4.69) is 10.3 Å². The van der Waals surface area contributed by atoms with Gasteiger partial charge in [-0.25, -0.2) is 4.98 Å². The second-order valence-electron chi connectivity index (χ2n) is 7.54. The standard InChI is InChI=1S/C25H20Cl4N4O/c26-17-3-1-16(2-4-17)24(34)25(31-20-8-5-18(27)6-9-20)32-23(14-33-12-11-30-15-33)21-10-7-19(28)13-22(21)29/h1-13,15,23-24,34H,14H2,(H,31,32). The first kappa shape index (κ1) is 24.6. The summed E-state index contributed by atoms with van der Waals surface area (Å²) in [6, 6.07) is 18.9. The number of anilines is 1. The van der Waals surface area contributed by atoms with Crippen LogP contribution < -0.4 is 5.32 Å². The number of hydrogen-bond donors (Lipinski definition) is 2. The van der Waals surface area contributed by atoms with Crippen LogP contribution in [0.1, 0.15) is 23.3 Å². The third-order valence-electron chi connectivity index (χ3n) is 5.12. The number of nitrogens with zero attached hydrogens (tertiary/aromatic N) is 3. The van der Waals surface area contributed by atoms with Gasteiger partial charge in [0.2, 0.25) is 0 Å². The Balaban J connectivity index is 1.78. The highest BCUT2D eigenvalue weighted by Crippen LogP contribution is 2.31. The molecule has 0 aliphatic rings.